The molecule has 9 nitrogen and oxygen atoms in total. The lowest BCUT2D eigenvalue weighted by Crippen LogP contribution is -2.51. The van der Waals surface area contributed by atoms with E-state index in [1.54, 1.807) is 4.90 Å². The second-order valence-corrected chi connectivity index (χ2v) is 11.9. The van der Waals surface area contributed by atoms with Gasteiger partial charge >= 0.3 is 6.09 Å². The average Bonchev–Trinajstić information content (AvgIpc) is 3.22. The number of likely N-dealkylation sites (tertiary alicyclic amines) is 1. The van der Waals surface area contributed by atoms with E-state index in [0.29, 0.717) is 30.8 Å². The minimum absolute atomic E-state index is 0. The van der Waals surface area contributed by atoms with Crippen LogP contribution < -0.4 is 9.62 Å². The van der Waals surface area contributed by atoms with Crippen molar-refractivity contribution in [2.75, 3.05) is 29.3 Å². The fourth-order valence-electron chi connectivity index (χ4n) is 4.16. The number of nitrogens with zero attached hydrogens (tertiary/aromatic N) is 3. The summed E-state index contributed by atoms with van der Waals surface area (Å²) in [5.74, 6) is -0.567. The second-order valence-electron chi connectivity index (χ2n) is 9.99. The molecular weight excluding hydrogens is 475 g/mol. The molecule has 1 atom stereocenters. The summed E-state index contributed by atoms with van der Waals surface area (Å²) < 4.78 is 47.1. The van der Waals surface area contributed by atoms with E-state index in [2.05, 4.69) is 10.3 Å². The van der Waals surface area contributed by atoms with Gasteiger partial charge in [-0.3, -0.25) is 19.4 Å². The molecule has 0 radical (unpaired) electrons. The molecule has 2 amide bonds. The van der Waals surface area contributed by atoms with E-state index in [-0.39, 0.29) is 42.5 Å². The molecule has 35 heavy (non-hydrogen) atoms. The van der Waals surface area contributed by atoms with Crippen molar-refractivity contribution in [1.82, 2.24) is 9.88 Å². The number of hydrogen-bond acceptors (Lipinski definition) is 6. The summed E-state index contributed by atoms with van der Waals surface area (Å²) in [4.78, 5) is 30.7. The Morgan fingerprint density at radius 3 is 2.63 bits per heavy atom. The average molecular weight is 507 g/mol. The molecule has 2 aliphatic heterocycles. The number of ether oxygens (including phenoxy) is 1. The molecule has 190 valence electrons. The fourth-order valence-corrected chi connectivity index (χ4v) is 5.68. The van der Waals surface area contributed by atoms with Crippen molar-refractivity contribution in [3.63, 3.8) is 0 Å². The first-order valence-corrected chi connectivity index (χ1v) is 12.9. The van der Waals surface area contributed by atoms with Crippen molar-refractivity contribution < 1.29 is 28.6 Å². The standard InChI is InChI=1S/C24H29FN4O5S.H2/c1-24(2,3)15-34-23(31)27-17-11-21-20(26-13-17)12-18(28-10-4-5-22(28)30)14-29(21)35(32,33)19-8-6-16(25)7-9-19;/h6-9,11,13,18H,4-5,10,12,14-15H2,1-3H3,(H,27,31);1H/t18-;/m0./s1. The highest BCUT2D eigenvalue weighted by atomic mass is 32.2. The Morgan fingerprint density at radius 2 is 2.00 bits per heavy atom. The van der Waals surface area contributed by atoms with Crippen LogP contribution in [-0.2, 0) is 26.0 Å². The van der Waals surface area contributed by atoms with Gasteiger partial charge in [-0.2, -0.15) is 0 Å². The highest BCUT2D eigenvalue weighted by Crippen LogP contribution is 2.35. The predicted octanol–water partition coefficient (Wildman–Crippen LogP) is 3.80. The number of carbonyl (C=O) groups is 2. The van der Waals surface area contributed by atoms with E-state index in [4.69, 9.17) is 4.74 Å². The molecule has 11 heteroatoms. The molecule has 1 fully saturated rings. The smallest absolute Gasteiger partial charge is 0.411 e. The van der Waals surface area contributed by atoms with Gasteiger partial charge in [0, 0.05) is 20.8 Å². The van der Waals surface area contributed by atoms with Crippen LogP contribution in [0.1, 0.15) is 40.7 Å². The number of fused-ring (bicyclic) bond motifs is 1. The quantitative estimate of drug-likeness (QED) is 0.661. The molecular formula is C24H31FN4O5S. The van der Waals surface area contributed by atoms with Gasteiger partial charge in [0.15, 0.2) is 0 Å². The Hall–Kier alpha value is -3.21. The third-order valence-electron chi connectivity index (χ3n) is 5.86. The zero-order chi connectivity index (χ0) is 25.4. The van der Waals surface area contributed by atoms with Crippen LogP contribution in [0, 0.1) is 11.2 Å². The maximum Gasteiger partial charge on any atom is 0.411 e. The Morgan fingerprint density at radius 1 is 1.29 bits per heavy atom. The molecule has 1 saturated heterocycles. The van der Waals surface area contributed by atoms with Gasteiger partial charge in [-0.25, -0.2) is 17.6 Å². The van der Waals surface area contributed by atoms with Crippen LogP contribution >= 0.6 is 0 Å². The van der Waals surface area contributed by atoms with Crippen molar-refractivity contribution >= 4 is 33.4 Å². The molecule has 0 unspecified atom stereocenters. The van der Waals surface area contributed by atoms with Gasteiger partial charge in [0.05, 0.1) is 47.4 Å². The van der Waals surface area contributed by atoms with Crippen LogP contribution in [0.3, 0.4) is 0 Å². The summed E-state index contributed by atoms with van der Waals surface area (Å²) in [6, 6.07) is 5.73. The van der Waals surface area contributed by atoms with Gasteiger partial charge in [-0.1, -0.05) is 20.8 Å². The van der Waals surface area contributed by atoms with Gasteiger partial charge in [0.1, 0.15) is 5.82 Å². The Balaban J connectivity index is 0.00000361. The summed E-state index contributed by atoms with van der Waals surface area (Å²) in [6.07, 6.45) is 2.30. The molecule has 1 N–H and O–H groups in total. The Labute approximate surface area is 205 Å². The molecule has 0 spiro atoms. The molecule has 0 saturated carbocycles. The number of halogens is 1. The number of sulfonamides is 1. The number of aromatic nitrogens is 1. The number of pyridine rings is 1. The van der Waals surface area contributed by atoms with E-state index >= 15 is 0 Å². The first-order valence-electron chi connectivity index (χ1n) is 11.4. The number of hydrogen-bond donors (Lipinski definition) is 1. The third kappa shape index (κ3) is 5.55. The SMILES string of the molecule is CC(C)(C)COC(=O)Nc1cnc2c(c1)N(S(=O)(=O)c1ccc(F)cc1)C[C@@H](N1CCCC1=O)C2.[HH]. The van der Waals surface area contributed by atoms with E-state index in [1.165, 1.54) is 28.7 Å². The zero-order valence-electron chi connectivity index (χ0n) is 20.0. The van der Waals surface area contributed by atoms with E-state index in [0.717, 1.165) is 18.6 Å². The lowest BCUT2D eigenvalue weighted by atomic mass is 9.99. The molecule has 1 aromatic heterocycles. The molecule has 2 aromatic rings. The van der Waals surface area contributed by atoms with Crippen LogP contribution in [0.2, 0.25) is 0 Å². The van der Waals surface area contributed by atoms with E-state index in [1.807, 2.05) is 20.8 Å². The first-order chi connectivity index (χ1) is 16.4. The molecule has 0 aliphatic carbocycles. The maximum atomic E-state index is 13.6. The number of anilines is 2. The number of rotatable bonds is 5. The molecule has 4 rings (SSSR count). The van der Waals surface area contributed by atoms with Gasteiger partial charge in [-0.05, 0) is 42.2 Å². The number of benzene rings is 1. The lowest BCUT2D eigenvalue weighted by Gasteiger charge is -2.38. The highest BCUT2D eigenvalue weighted by molar-refractivity contribution is 7.92. The summed E-state index contributed by atoms with van der Waals surface area (Å²) in [6.45, 7) is 6.58. The van der Waals surface area contributed by atoms with Crippen molar-refractivity contribution in [3.8, 4) is 0 Å². The predicted molar refractivity (Wildman–Crippen MR) is 130 cm³/mol. The van der Waals surface area contributed by atoms with Crippen molar-refractivity contribution in [2.24, 2.45) is 5.41 Å². The first kappa shape index (κ1) is 24.9. The molecule has 3 heterocycles. The van der Waals surface area contributed by atoms with E-state index in [9.17, 15) is 22.4 Å². The lowest BCUT2D eigenvalue weighted by molar-refractivity contribution is -0.129. The highest BCUT2D eigenvalue weighted by Gasteiger charge is 2.39. The number of amides is 2. The maximum absolute atomic E-state index is 13.6. The summed E-state index contributed by atoms with van der Waals surface area (Å²) in [5, 5.41) is 2.60. The minimum atomic E-state index is -4.10. The number of carbonyl (C=O) groups excluding carboxylic acids is 2. The summed E-state index contributed by atoms with van der Waals surface area (Å²) in [7, 11) is -4.10. The van der Waals surface area contributed by atoms with Gasteiger partial charge < -0.3 is 9.64 Å². The van der Waals surface area contributed by atoms with Gasteiger partial charge in [0.25, 0.3) is 10.0 Å². The van der Waals surface area contributed by atoms with Crippen LogP contribution in [0.15, 0.2) is 41.4 Å². The minimum Gasteiger partial charge on any atom is -0.449 e. The van der Waals surface area contributed by atoms with E-state index < -0.39 is 21.9 Å². The fraction of sp³-hybridized carbons (Fsp3) is 0.458. The number of nitrogens with one attached hydrogen (secondary N) is 1. The normalized spacial score (nSPS) is 18.4. The van der Waals surface area contributed by atoms with Crippen molar-refractivity contribution in [1.29, 1.82) is 0 Å². The van der Waals surface area contributed by atoms with Crippen LogP contribution in [0.4, 0.5) is 20.6 Å². The molecule has 2 aliphatic rings. The summed E-state index contributed by atoms with van der Waals surface area (Å²) >= 11 is 0. The van der Waals surface area contributed by atoms with Gasteiger partial charge in [0.2, 0.25) is 5.91 Å². The zero-order valence-corrected chi connectivity index (χ0v) is 20.8. The topological polar surface area (TPSA) is 109 Å². The third-order valence-corrected chi connectivity index (χ3v) is 7.65. The Kier molecular flexibility index (Phi) is 6.72. The van der Waals surface area contributed by atoms with Gasteiger partial charge in [-0.15, -0.1) is 0 Å². The molecule has 0 bridgehead atoms. The van der Waals surface area contributed by atoms with Crippen LogP contribution in [0.5, 0.6) is 0 Å². The monoisotopic (exact) mass is 506 g/mol. The van der Waals surface area contributed by atoms with Crippen LogP contribution in [0.25, 0.3) is 0 Å². The molecule has 1 aromatic carbocycles. The van der Waals surface area contributed by atoms with Crippen LogP contribution in [-0.4, -0.2) is 56.0 Å². The van der Waals surface area contributed by atoms with Crippen molar-refractivity contribution in [2.45, 2.75) is 51.0 Å². The van der Waals surface area contributed by atoms with Crippen molar-refractivity contribution in [3.05, 3.63) is 48.0 Å². The Bertz CT molecular complexity index is 1230. The summed E-state index contributed by atoms with van der Waals surface area (Å²) in [5.41, 5.74) is 0.844. The second kappa shape index (κ2) is 9.44. The largest absolute Gasteiger partial charge is 0.449 e.